The van der Waals surface area contributed by atoms with Crippen molar-refractivity contribution in [3.05, 3.63) is 0 Å². The van der Waals surface area contributed by atoms with Gasteiger partial charge in [-0.05, 0) is 38.8 Å². The Morgan fingerprint density at radius 3 is 2.62 bits per heavy atom. The lowest BCUT2D eigenvalue weighted by Gasteiger charge is -2.31. The quantitative estimate of drug-likeness (QED) is 0.757. The maximum Gasteiger partial charge on any atom is 0.223 e. The SMILES string of the molecule is NC1CCCN(C(=O)CCN2CCCC2)C1. The number of nitrogens with zero attached hydrogens (tertiary/aromatic N) is 2. The molecule has 2 saturated heterocycles. The Hall–Kier alpha value is -0.610. The fourth-order valence-corrected chi connectivity index (χ4v) is 2.65. The molecule has 2 aliphatic heterocycles. The van der Waals surface area contributed by atoms with E-state index >= 15 is 0 Å². The van der Waals surface area contributed by atoms with Crippen LogP contribution in [-0.2, 0) is 4.79 Å². The minimum absolute atomic E-state index is 0.199. The maximum absolute atomic E-state index is 11.9. The van der Waals surface area contributed by atoms with Gasteiger partial charge in [0.15, 0.2) is 0 Å². The van der Waals surface area contributed by atoms with E-state index in [2.05, 4.69) is 4.90 Å². The first-order chi connectivity index (χ1) is 7.75. The number of nitrogens with two attached hydrogens (primary N) is 1. The summed E-state index contributed by atoms with van der Waals surface area (Å²) in [6.45, 7) is 4.95. The number of rotatable bonds is 3. The second kappa shape index (κ2) is 5.64. The first-order valence-electron chi connectivity index (χ1n) is 6.51. The van der Waals surface area contributed by atoms with Crippen LogP contribution < -0.4 is 5.73 Å². The van der Waals surface area contributed by atoms with Crippen LogP contribution >= 0.6 is 0 Å². The van der Waals surface area contributed by atoms with E-state index in [9.17, 15) is 4.79 Å². The monoisotopic (exact) mass is 225 g/mol. The number of likely N-dealkylation sites (tertiary alicyclic amines) is 2. The van der Waals surface area contributed by atoms with Gasteiger partial charge in [-0.1, -0.05) is 0 Å². The molecule has 0 aromatic carbocycles. The number of carbonyl (C=O) groups excluding carboxylic acids is 1. The average molecular weight is 225 g/mol. The largest absolute Gasteiger partial charge is 0.341 e. The lowest BCUT2D eigenvalue weighted by Crippen LogP contribution is -2.46. The molecule has 2 aliphatic rings. The Morgan fingerprint density at radius 2 is 1.94 bits per heavy atom. The van der Waals surface area contributed by atoms with E-state index in [1.807, 2.05) is 4.90 Å². The summed E-state index contributed by atoms with van der Waals surface area (Å²) in [4.78, 5) is 16.3. The van der Waals surface area contributed by atoms with Gasteiger partial charge in [0.1, 0.15) is 0 Å². The van der Waals surface area contributed by atoms with Gasteiger partial charge in [0, 0.05) is 32.1 Å². The lowest BCUT2D eigenvalue weighted by atomic mass is 10.1. The number of hydrogen-bond acceptors (Lipinski definition) is 3. The lowest BCUT2D eigenvalue weighted by molar-refractivity contribution is -0.132. The zero-order valence-corrected chi connectivity index (χ0v) is 10.0. The summed E-state index contributed by atoms with van der Waals surface area (Å²) in [5.41, 5.74) is 5.88. The second-order valence-corrected chi connectivity index (χ2v) is 5.04. The van der Waals surface area contributed by atoms with E-state index in [0.717, 1.165) is 32.5 Å². The summed E-state index contributed by atoms with van der Waals surface area (Å²) in [5, 5.41) is 0. The first kappa shape index (κ1) is 11.9. The summed E-state index contributed by atoms with van der Waals surface area (Å²) in [6, 6.07) is 0.199. The summed E-state index contributed by atoms with van der Waals surface area (Å²) < 4.78 is 0. The van der Waals surface area contributed by atoms with E-state index in [0.29, 0.717) is 12.3 Å². The van der Waals surface area contributed by atoms with Crippen LogP contribution in [0.1, 0.15) is 32.1 Å². The fourth-order valence-electron chi connectivity index (χ4n) is 2.65. The number of piperidine rings is 1. The van der Waals surface area contributed by atoms with Crippen molar-refractivity contribution in [3.63, 3.8) is 0 Å². The van der Waals surface area contributed by atoms with Crippen LogP contribution in [0.25, 0.3) is 0 Å². The highest BCUT2D eigenvalue weighted by molar-refractivity contribution is 5.76. The molecule has 0 spiro atoms. The van der Waals surface area contributed by atoms with Gasteiger partial charge in [-0.25, -0.2) is 0 Å². The van der Waals surface area contributed by atoms with Gasteiger partial charge in [0.05, 0.1) is 0 Å². The third kappa shape index (κ3) is 3.19. The Morgan fingerprint density at radius 1 is 1.19 bits per heavy atom. The van der Waals surface area contributed by atoms with E-state index in [-0.39, 0.29) is 6.04 Å². The molecular formula is C12H23N3O. The summed E-state index contributed by atoms with van der Waals surface area (Å²) in [5.74, 6) is 0.294. The Bertz CT molecular complexity index is 238. The normalized spacial score (nSPS) is 27.3. The van der Waals surface area contributed by atoms with Crippen LogP contribution in [0.2, 0.25) is 0 Å². The minimum Gasteiger partial charge on any atom is -0.341 e. The molecule has 1 unspecified atom stereocenters. The Balaban J connectivity index is 1.70. The smallest absolute Gasteiger partial charge is 0.223 e. The van der Waals surface area contributed by atoms with E-state index < -0.39 is 0 Å². The van der Waals surface area contributed by atoms with Crippen molar-refractivity contribution < 1.29 is 4.79 Å². The summed E-state index contributed by atoms with van der Waals surface area (Å²) in [7, 11) is 0. The highest BCUT2D eigenvalue weighted by atomic mass is 16.2. The van der Waals surface area contributed by atoms with Crippen LogP contribution in [0.5, 0.6) is 0 Å². The minimum atomic E-state index is 0.199. The number of amides is 1. The van der Waals surface area contributed by atoms with Crippen LogP contribution in [0, 0.1) is 0 Å². The van der Waals surface area contributed by atoms with Crippen LogP contribution in [-0.4, -0.2) is 54.5 Å². The van der Waals surface area contributed by atoms with E-state index in [1.54, 1.807) is 0 Å². The molecule has 92 valence electrons. The molecule has 0 aromatic rings. The molecule has 0 saturated carbocycles. The van der Waals surface area contributed by atoms with Crippen molar-refractivity contribution >= 4 is 5.91 Å². The molecule has 2 fully saturated rings. The van der Waals surface area contributed by atoms with E-state index in [4.69, 9.17) is 5.73 Å². The topological polar surface area (TPSA) is 49.6 Å². The fraction of sp³-hybridized carbons (Fsp3) is 0.917. The molecule has 2 heterocycles. The van der Waals surface area contributed by atoms with Crippen molar-refractivity contribution in [1.82, 2.24) is 9.80 Å². The number of hydrogen-bond donors (Lipinski definition) is 1. The molecule has 4 heteroatoms. The average Bonchev–Trinajstić information content (AvgIpc) is 2.78. The van der Waals surface area contributed by atoms with Gasteiger partial charge < -0.3 is 15.5 Å². The van der Waals surface area contributed by atoms with Crippen molar-refractivity contribution in [2.75, 3.05) is 32.7 Å². The van der Waals surface area contributed by atoms with Gasteiger partial charge in [0.2, 0.25) is 5.91 Å². The van der Waals surface area contributed by atoms with Crippen LogP contribution in [0.4, 0.5) is 0 Å². The predicted octanol–water partition coefficient (Wildman–Crippen LogP) is 0.422. The molecule has 0 bridgehead atoms. The van der Waals surface area contributed by atoms with Crippen LogP contribution in [0.15, 0.2) is 0 Å². The molecule has 0 aliphatic carbocycles. The van der Waals surface area contributed by atoms with Crippen molar-refractivity contribution in [2.45, 2.75) is 38.1 Å². The van der Waals surface area contributed by atoms with Gasteiger partial charge >= 0.3 is 0 Å². The summed E-state index contributed by atoms with van der Waals surface area (Å²) in [6.07, 6.45) is 5.39. The van der Waals surface area contributed by atoms with Gasteiger partial charge in [-0.3, -0.25) is 4.79 Å². The predicted molar refractivity (Wildman–Crippen MR) is 64.1 cm³/mol. The molecule has 1 atom stereocenters. The number of carbonyl (C=O) groups is 1. The second-order valence-electron chi connectivity index (χ2n) is 5.04. The Labute approximate surface area is 97.8 Å². The van der Waals surface area contributed by atoms with Crippen LogP contribution in [0.3, 0.4) is 0 Å². The standard InChI is InChI=1S/C12H23N3O/c13-11-4-3-8-15(10-11)12(16)5-9-14-6-1-2-7-14/h11H,1-10,13H2. The molecule has 4 nitrogen and oxygen atoms in total. The molecule has 1 amide bonds. The highest BCUT2D eigenvalue weighted by Crippen LogP contribution is 2.11. The molecule has 2 rings (SSSR count). The first-order valence-corrected chi connectivity index (χ1v) is 6.51. The van der Waals surface area contributed by atoms with Gasteiger partial charge in [-0.15, -0.1) is 0 Å². The Kier molecular flexibility index (Phi) is 4.18. The zero-order valence-electron chi connectivity index (χ0n) is 10.0. The summed E-state index contributed by atoms with van der Waals surface area (Å²) >= 11 is 0. The third-order valence-corrected chi connectivity index (χ3v) is 3.65. The van der Waals surface area contributed by atoms with E-state index in [1.165, 1.54) is 25.9 Å². The molecule has 0 radical (unpaired) electrons. The highest BCUT2D eigenvalue weighted by Gasteiger charge is 2.21. The van der Waals surface area contributed by atoms with Gasteiger partial charge in [0.25, 0.3) is 0 Å². The molecule has 2 N–H and O–H groups in total. The van der Waals surface area contributed by atoms with Crippen molar-refractivity contribution in [2.24, 2.45) is 5.73 Å². The maximum atomic E-state index is 11.9. The molecule has 0 aromatic heterocycles. The molecular weight excluding hydrogens is 202 g/mol. The van der Waals surface area contributed by atoms with Crippen molar-refractivity contribution in [3.8, 4) is 0 Å². The third-order valence-electron chi connectivity index (χ3n) is 3.65. The van der Waals surface area contributed by atoms with Crippen molar-refractivity contribution in [1.29, 1.82) is 0 Å². The van der Waals surface area contributed by atoms with Gasteiger partial charge in [-0.2, -0.15) is 0 Å². The zero-order chi connectivity index (χ0) is 11.4. The molecule has 16 heavy (non-hydrogen) atoms.